The van der Waals surface area contributed by atoms with Crippen LogP contribution in [0.4, 0.5) is 5.82 Å². The zero-order chi connectivity index (χ0) is 17.6. The third-order valence-electron chi connectivity index (χ3n) is 4.95. The Morgan fingerprint density at radius 2 is 2.04 bits per heavy atom. The van der Waals surface area contributed by atoms with E-state index in [0.29, 0.717) is 0 Å². The highest BCUT2D eigenvalue weighted by molar-refractivity contribution is 7.19. The molecular weight excluding hydrogens is 352 g/mol. The second kappa shape index (κ2) is 6.38. The lowest BCUT2D eigenvalue weighted by molar-refractivity contribution is -0.122. The van der Waals surface area contributed by atoms with Gasteiger partial charge in [0.1, 0.15) is 10.6 Å². The van der Waals surface area contributed by atoms with Gasteiger partial charge in [0.25, 0.3) is 0 Å². The monoisotopic (exact) mass is 372 g/mol. The van der Waals surface area contributed by atoms with Gasteiger partial charge in [0.2, 0.25) is 5.91 Å². The molecule has 1 amide bonds. The van der Waals surface area contributed by atoms with Crippen molar-refractivity contribution in [1.29, 1.82) is 0 Å². The Balaban J connectivity index is 1.80. The number of hydrogen-bond donors (Lipinski definition) is 1. The Morgan fingerprint density at radius 1 is 1.28 bits per heavy atom. The predicted octanol–water partition coefficient (Wildman–Crippen LogP) is 3.74. The van der Waals surface area contributed by atoms with Crippen LogP contribution in [0.25, 0.3) is 20.9 Å². The number of piperidine rings is 1. The van der Waals surface area contributed by atoms with Crippen LogP contribution >= 0.6 is 22.7 Å². The van der Waals surface area contributed by atoms with E-state index in [1.807, 2.05) is 11.4 Å². The molecule has 1 saturated heterocycles. The summed E-state index contributed by atoms with van der Waals surface area (Å²) in [7, 11) is 0. The van der Waals surface area contributed by atoms with Crippen LogP contribution in [-0.4, -0.2) is 29.0 Å². The maximum atomic E-state index is 11.5. The first-order valence-corrected chi connectivity index (χ1v) is 10.1. The Hall–Kier alpha value is -1.99. The number of rotatable bonds is 3. The number of thiophene rings is 2. The van der Waals surface area contributed by atoms with Crippen LogP contribution in [0.1, 0.15) is 23.3 Å². The summed E-state index contributed by atoms with van der Waals surface area (Å²) in [6, 6.07) is 4.08. The number of anilines is 1. The van der Waals surface area contributed by atoms with E-state index in [4.69, 9.17) is 15.7 Å². The lowest BCUT2D eigenvalue weighted by Crippen LogP contribution is -2.39. The number of nitrogens with zero attached hydrogens (tertiary/aromatic N) is 3. The van der Waals surface area contributed by atoms with Gasteiger partial charge in [0.15, 0.2) is 5.82 Å². The molecule has 7 heteroatoms. The van der Waals surface area contributed by atoms with Crippen molar-refractivity contribution in [2.45, 2.75) is 26.7 Å². The summed E-state index contributed by atoms with van der Waals surface area (Å²) in [4.78, 5) is 26.9. The van der Waals surface area contributed by atoms with Gasteiger partial charge in [-0.05, 0) is 43.7 Å². The molecule has 4 rings (SSSR count). The van der Waals surface area contributed by atoms with Gasteiger partial charge >= 0.3 is 0 Å². The molecule has 0 saturated carbocycles. The highest BCUT2D eigenvalue weighted by Crippen LogP contribution is 2.38. The zero-order valence-electron chi connectivity index (χ0n) is 14.3. The molecule has 0 unspecified atom stereocenters. The van der Waals surface area contributed by atoms with Gasteiger partial charge in [-0.15, -0.1) is 22.7 Å². The summed E-state index contributed by atoms with van der Waals surface area (Å²) < 4.78 is 0. The summed E-state index contributed by atoms with van der Waals surface area (Å²) >= 11 is 3.38. The molecular formula is C18H20N4OS2. The van der Waals surface area contributed by atoms with Crippen LogP contribution in [0.3, 0.4) is 0 Å². The average Bonchev–Trinajstić information content (AvgIpc) is 3.23. The van der Waals surface area contributed by atoms with Crippen molar-refractivity contribution in [3.05, 3.63) is 28.0 Å². The molecule has 0 aliphatic carbocycles. The summed E-state index contributed by atoms with van der Waals surface area (Å²) in [5.74, 6) is 1.58. The first-order valence-electron chi connectivity index (χ1n) is 8.40. The fourth-order valence-electron chi connectivity index (χ4n) is 3.35. The number of aromatic nitrogens is 2. The lowest BCUT2D eigenvalue weighted by atomic mass is 9.96. The number of carbonyl (C=O) groups is 1. The first kappa shape index (κ1) is 16.5. The van der Waals surface area contributed by atoms with Crippen LogP contribution in [0, 0.1) is 19.8 Å². The fraction of sp³-hybridized carbons (Fsp3) is 0.389. The minimum Gasteiger partial charge on any atom is -0.369 e. The number of carbonyl (C=O) groups excluding carboxylic acids is 1. The van der Waals surface area contributed by atoms with Crippen LogP contribution in [0.15, 0.2) is 17.5 Å². The molecule has 3 aromatic rings. The summed E-state index contributed by atoms with van der Waals surface area (Å²) in [5, 5.41) is 3.20. The minimum absolute atomic E-state index is 0.0179. The predicted molar refractivity (Wildman–Crippen MR) is 104 cm³/mol. The second-order valence-corrected chi connectivity index (χ2v) is 8.63. The van der Waals surface area contributed by atoms with Gasteiger partial charge in [0, 0.05) is 23.9 Å². The Bertz CT molecular complexity index is 924. The molecule has 0 spiro atoms. The molecule has 0 bridgehead atoms. The van der Waals surface area contributed by atoms with Gasteiger partial charge in [-0.25, -0.2) is 9.97 Å². The van der Waals surface area contributed by atoms with E-state index >= 15 is 0 Å². The van der Waals surface area contributed by atoms with Crippen molar-refractivity contribution < 1.29 is 4.79 Å². The molecule has 0 radical (unpaired) electrons. The van der Waals surface area contributed by atoms with Crippen molar-refractivity contribution in [3.8, 4) is 10.7 Å². The standard InChI is InChI=1S/C18H20N4OS2/c1-10-11(2)25-18-14(10)17(20-16(21-18)13-4-3-9-24-13)22-7-5-12(6-8-22)15(19)23/h3-4,9,12H,5-8H2,1-2H3,(H2,19,23). The molecule has 1 fully saturated rings. The number of fused-ring (bicyclic) bond motifs is 1. The molecule has 3 aromatic heterocycles. The molecule has 130 valence electrons. The smallest absolute Gasteiger partial charge is 0.220 e. The molecule has 1 aliphatic heterocycles. The van der Waals surface area contributed by atoms with Gasteiger partial charge in [-0.3, -0.25) is 4.79 Å². The van der Waals surface area contributed by atoms with Gasteiger partial charge < -0.3 is 10.6 Å². The summed E-state index contributed by atoms with van der Waals surface area (Å²) in [6.07, 6.45) is 1.58. The minimum atomic E-state index is -0.186. The van der Waals surface area contributed by atoms with Gasteiger partial charge in [-0.2, -0.15) is 0 Å². The van der Waals surface area contributed by atoms with Crippen LogP contribution in [-0.2, 0) is 4.79 Å². The lowest BCUT2D eigenvalue weighted by Gasteiger charge is -2.32. The highest BCUT2D eigenvalue weighted by atomic mass is 32.1. The fourth-order valence-corrected chi connectivity index (χ4v) is 5.03. The Morgan fingerprint density at radius 3 is 2.68 bits per heavy atom. The first-order chi connectivity index (χ1) is 12.0. The number of aryl methyl sites for hydroxylation is 2. The molecule has 25 heavy (non-hydrogen) atoms. The van der Waals surface area contributed by atoms with Crippen molar-refractivity contribution in [2.75, 3.05) is 18.0 Å². The molecule has 5 nitrogen and oxygen atoms in total. The third-order valence-corrected chi connectivity index (χ3v) is 6.91. The molecule has 4 heterocycles. The van der Waals surface area contributed by atoms with Crippen molar-refractivity contribution in [1.82, 2.24) is 9.97 Å². The van der Waals surface area contributed by atoms with Gasteiger partial charge in [0.05, 0.1) is 10.3 Å². The third kappa shape index (κ3) is 2.91. The second-order valence-electron chi connectivity index (χ2n) is 6.48. The van der Waals surface area contributed by atoms with Gasteiger partial charge in [-0.1, -0.05) is 6.07 Å². The van der Waals surface area contributed by atoms with E-state index in [0.717, 1.165) is 52.7 Å². The van der Waals surface area contributed by atoms with Crippen molar-refractivity contribution >= 4 is 44.6 Å². The van der Waals surface area contributed by atoms with E-state index in [1.165, 1.54) is 10.4 Å². The Kier molecular flexibility index (Phi) is 4.21. The SMILES string of the molecule is Cc1sc2nc(-c3cccs3)nc(N3CCC(C(N)=O)CC3)c2c1C. The normalized spacial score (nSPS) is 15.8. The number of nitrogens with two attached hydrogens (primary N) is 1. The van der Waals surface area contributed by atoms with Crippen LogP contribution in [0.2, 0.25) is 0 Å². The maximum absolute atomic E-state index is 11.5. The van der Waals surface area contributed by atoms with E-state index < -0.39 is 0 Å². The maximum Gasteiger partial charge on any atom is 0.220 e. The number of primary amides is 1. The Labute approximate surface area is 154 Å². The average molecular weight is 373 g/mol. The molecule has 2 N–H and O–H groups in total. The summed E-state index contributed by atoms with van der Waals surface area (Å²) in [6.45, 7) is 5.88. The molecule has 1 aliphatic rings. The zero-order valence-corrected chi connectivity index (χ0v) is 15.9. The molecule has 0 aromatic carbocycles. The number of amides is 1. The van der Waals surface area contributed by atoms with E-state index in [-0.39, 0.29) is 11.8 Å². The largest absolute Gasteiger partial charge is 0.369 e. The van der Waals surface area contributed by atoms with Crippen molar-refractivity contribution in [3.63, 3.8) is 0 Å². The number of hydrogen-bond acceptors (Lipinski definition) is 6. The quantitative estimate of drug-likeness (QED) is 0.760. The van der Waals surface area contributed by atoms with E-state index in [9.17, 15) is 4.79 Å². The van der Waals surface area contributed by atoms with E-state index in [1.54, 1.807) is 22.7 Å². The van der Waals surface area contributed by atoms with Crippen LogP contribution < -0.4 is 10.6 Å². The highest BCUT2D eigenvalue weighted by Gasteiger charge is 2.27. The van der Waals surface area contributed by atoms with Crippen LogP contribution in [0.5, 0.6) is 0 Å². The topological polar surface area (TPSA) is 72.1 Å². The van der Waals surface area contributed by atoms with Crippen molar-refractivity contribution in [2.24, 2.45) is 11.7 Å². The summed E-state index contributed by atoms with van der Waals surface area (Å²) in [5.41, 5.74) is 6.73. The molecule has 0 atom stereocenters. The van der Waals surface area contributed by atoms with E-state index in [2.05, 4.69) is 24.8 Å².